The smallest absolute Gasteiger partial charge is 0.387 e. The van der Waals surface area contributed by atoms with E-state index in [1.165, 1.54) is 12.1 Å². The van der Waals surface area contributed by atoms with Gasteiger partial charge in [0, 0.05) is 18.2 Å². The zero-order valence-electron chi connectivity index (χ0n) is 11.6. The van der Waals surface area contributed by atoms with Crippen molar-refractivity contribution in [2.45, 2.75) is 33.4 Å². The van der Waals surface area contributed by atoms with E-state index in [-0.39, 0.29) is 30.1 Å². The second-order valence-electron chi connectivity index (χ2n) is 4.43. The molecular weight excluding hydrogens is 290 g/mol. The zero-order chi connectivity index (χ0) is 14.6. The standard InChI is InChI=1S/C13H18F2N2O2.ClH/c1-7-4-10(12(18)17-9(3)6-16)5-8(2)11(7)19-13(14)15;/h4-5,9,13H,6,16H2,1-3H3,(H,17,18);1H/t9-;/m0./s1. The normalized spacial score (nSPS) is 11.8. The van der Waals surface area contributed by atoms with Crippen LogP contribution in [-0.4, -0.2) is 25.1 Å². The number of carbonyl (C=O) groups excluding carboxylic acids is 1. The largest absolute Gasteiger partial charge is 0.434 e. The van der Waals surface area contributed by atoms with Crippen LogP contribution in [0.4, 0.5) is 8.78 Å². The van der Waals surface area contributed by atoms with Gasteiger partial charge in [-0.3, -0.25) is 4.79 Å². The van der Waals surface area contributed by atoms with Gasteiger partial charge in [-0.15, -0.1) is 12.4 Å². The van der Waals surface area contributed by atoms with Crippen LogP contribution >= 0.6 is 12.4 Å². The van der Waals surface area contributed by atoms with Crippen molar-refractivity contribution in [1.82, 2.24) is 5.32 Å². The summed E-state index contributed by atoms with van der Waals surface area (Å²) in [6.07, 6.45) is 0. The summed E-state index contributed by atoms with van der Waals surface area (Å²) in [6, 6.07) is 2.89. The molecule has 1 aromatic carbocycles. The van der Waals surface area contributed by atoms with Gasteiger partial charge in [0.2, 0.25) is 0 Å². The topological polar surface area (TPSA) is 64.4 Å². The fraction of sp³-hybridized carbons (Fsp3) is 0.462. The van der Waals surface area contributed by atoms with Crippen LogP contribution in [0.3, 0.4) is 0 Å². The molecule has 0 saturated carbocycles. The molecule has 0 spiro atoms. The van der Waals surface area contributed by atoms with Crippen molar-refractivity contribution in [3.63, 3.8) is 0 Å². The van der Waals surface area contributed by atoms with Crippen LogP contribution in [0.5, 0.6) is 5.75 Å². The molecule has 20 heavy (non-hydrogen) atoms. The Hall–Kier alpha value is -1.40. The van der Waals surface area contributed by atoms with Crippen LogP contribution < -0.4 is 15.8 Å². The third kappa shape index (κ3) is 4.94. The van der Waals surface area contributed by atoms with Crippen LogP contribution in [0, 0.1) is 13.8 Å². The number of benzene rings is 1. The number of nitrogens with one attached hydrogen (secondary N) is 1. The minimum absolute atomic E-state index is 0. The molecule has 0 heterocycles. The third-order valence-corrected chi connectivity index (χ3v) is 2.66. The van der Waals surface area contributed by atoms with E-state index in [9.17, 15) is 13.6 Å². The number of amides is 1. The van der Waals surface area contributed by atoms with E-state index in [0.29, 0.717) is 23.2 Å². The van der Waals surface area contributed by atoms with E-state index in [1.54, 1.807) is 20.8 Å². The van der Waals surface area contributed by atoms with Gasteiger partial charge in [-0.1, -0.05) is 0 Å². The Labute approximate surface area is 123 Å². The Bertz CT molecular complexity index is 447. The summed E-state index contributed by atoms with van der Waals surface area (Å²) in [4.78, 5) is 11.9. The second kappa shape index (κ2) is 8.01. The highest BCUT2D eigenvalue weighted by Crippen LogP contribution is 2.26. The van der Waals surface area contributed by atoms with Crippen molar-refractivity contribution in [1.29, 1.82) is 0 Å². The van der Waals surface area contributed by atoms with Crippen molar-refractivity contribution in [3.8, 4) is 5.75 Å². The summed E-state index contributed by atoms with van der Waals surface area (Å²) in [5.74, 6) is -0.175. The Kier molecular flexibility index (Phi) is 7.45. The van der Waals surface area contributed by atoms with Gasteiger partial charge in [-0.2, -0.15) is 8.78 Å². The molecule has 1 amide bonds. The molecule has 7 heteroatoms. The first-order valence-electron chi connectivity index (χ1n) is 5.92. The number of alkyl halides is 2. The van der Waals surface area contributed by atoms with E-state index >= 15 is 0 Å². The monoisotopic (exact) mass is 308 g/mol. The van der Waals surface area contributed by atoms with Crippen molar-refractivity contribution in [2.75, 3.05) is 6.54 Å². The molecule has 0 radical (unpaired) electrons. The number of nitrogens with two attached hydrogens (primary N) is 1. The lowest BCUT2D eigenvalue weighted by molar-refractivity contribution is -0.0507. The maximum atomic E-state index is 12.2. The number of hydrogen-bond donors (Lipinski definition) is 2. The van der Waals surface area contributed by atoms with Crippen molar-refractivity contribution < 1.29 is 18.3 Å². The zero-order valence-corrected chi connectivity index (χ0v) is 12.4. The lowest BCUT2D eigenvalue weighted by Crippen LogP contribution is -2.37. The molecule has 1 rings (SSSR count). The second-order valence-corrected chi connectivity index (χ2v) is 4.43. The number of aryl methyl sites for hydroxylation is 2. The molecule has 1 aromatic rings. The lowest BCUT2D eigenvalue weighted by atomic mass is 10.0. The van der Waals surface area contributed by atoms with Gasteiger partial charge < -0.3 is 15.8 Å². The van der Waals surface area contributed by atoms with E-state index in [1.807, 2.05) is 0 Å². The van der Waals surface area contributed by atoms with Crippen molar-refractivity contribution in [2.24, 2.45) is 5.73 Å². The van der Waals surface area contributed by atoms with Gasteiger partial charge in [0.15, 0.2) is 0 Å². The molecular formula is C13H19ClF2N2O2. The molecule has 0 unspecified atom stereocenters. The Morgan fingerprint density at radius 1 is 1.35 bits per heavy atom. The van der Waals surface area contributed by atoms with E-state index in [2.05, 4.69) is 10.1 Å². The van der Waals surface area contributed by atoms with Gasteiger partial charge in [0.25, 0.3) is 5.91 Å². The van der Waals surface area contributed by atoms with Gasteiger partial charge in [0.05, 0.1) is 0 Å². The average Bonchev–Trinajstić information content (AvgIpc) is 2.32. The average molecular weight is 309 g/mol. The highest BCUT2D eigenvalue weighted by molar-refractivity contribution is 5.95. The number of ether oxygens (including phenoxy) is 1. The van der Waals surface area contributed by atoms with Gasteiger partial charge in [-0.05, 0) is 44.0 Å². The van der Waals surface area contributed by atoms with Crippen molar-refractivity contribution in [3.05, 3.63) is 28.8 Å². The molecule has 0 aliphatic rings. The van der Waals surface area contributed by atoms with Crippen LogP contribution in [0.2, 0.25) is 0 Å². The summed E-state index contributed by atoms with van der Waals surface area (Å²) >= 11 is 0. The molecule has 1 atom stereocenters. The van der Waals surface area contributed by atoms with E-state index in [4.69, 9.17) is 5.73 Å². The predicted molar refractivity (Wildman–Crippen MR) is 75.8 cm³/mol. The SMILES string of the molecule is Cc1cc(C(=O)N[C@@H](C)CN)cc(C)c1OC(F)F.Cl. The van der Waals surface area contributed by atoms with Crippen LogP contribution in [0.1, 0.15) is 28.4 Å². The first-order valence-corrected chi connectivity index (χ1v) is 5.92. The van der Waals surface area contributed by atoms with Crippen LogP contribution in [-0.2, 0) is 0 Å². The number of carbonyl (C=O) groups is 1. The fourth-order valence-electron chi connectivity index (χ4n) is 1.72. The number of halogens is 3. The lowest BCUT2D eigenvalue weighted by Gasteiger charge is -2.15. The quantitative estimate of drug-likeness (QED) is 0.878. The molecule has 0 bridgehead atoms. The van der Waals surface area contributed by atoms with E-state index in [0.717, 1.165) is 0 Å². The Morgan fingerprint density at radius 2 is 1.85 bits per heavy atom. The summed E-state index contributed by atoms with van der Waals surface area (Å²) in [6.45, 7) is 2.47. The fourth-order valence-corrected chi connectivity index (χ4v) is 1.72. The van der Waals surface area contributed by atoms with Gasteiger partial charge in [-0.25, -0.2) is 0 Å². The summed E-state index contributed by atoms with van der Waals surface area (Å²) in [7, 11) is 0. The minimum atomic E-state index is -2.88. The summed E-state index contributed by atoms with van der Waals surface area (Å²) < 4.78 is 28.9. The molecule has 0 saturated heterocycles. The molecule has 114 valence electrons. The van der Waals surface area contributed by atoms with Crippen molar-refractivity contribution >= 4 is 18.3 Å². The highest BCUT2D eigenvalue weighted by atomic mass is 35.5. The first kappa shape index (κ1) is 18.6. The highest BCUT2D eigenvalue weighted by Gasteiger charge is 2.15. The first-order chi connectivity index (χ1) is 8.85. The molecule has 0 aromatic heterocycles. The summed E-state index contributed by atoms with van der Waals surface area (Å²) in [5.41, 5.74) is 6.80. The molecule has 0 fully saturated rings. The van der Waals surface area contributed by atoms with E-state index < -0.39 is 6.61 Å². The maximum absolute atomic E-state index is 12.2. The predicted octanol–water partition coefficient (Wildman–Crippen LogP) is 2.40. The minimum Gasteiger partial charge on any atom is -0.434 e. The van der Waals surface area contributed by atoms with Gasteiger partial charge >= 0.3 is 6.61 Å². The maximum Gasteiger partial charge on any atom is 0.387 e. The molecule has 0 aliphatic heterocycles. The number of hydrogen-bond acceptors (Lipinski definition) is 3. The molecule has 4 nitrogen and oxygen atoms in total. The van der Waals surface area contributed by atoms with Gasteiger partial charge in [0.1, 0.15) is 5.75 Å². The molecule has 0 aliphatic carbocycles. The van der Waals surface area contributed by atoms with Crippen LogP contribution in [0.15, 0.2) is 12.1 Å². The van der Waals surface area contributed by atoms with Crippen LogP contribution in [0.25, 0.3) is 0 Å². The Balaban J connectivity index is 0.00000361. The summed E-state index contributed by atoms with van der Waals surface area (Å²) in [5, 5.41) is 2.71. The number of rotatable bonds is 5. The molecule has 3 N–H and O–H groups in total. The third-order valence-electron chi connectivity index (χ3n) is 2.66. The Morgan fingerprint density at radius 3 is 2.25 bits per heavy atom.